The van der Waals surface area contributed by atoms with E-state index in [-0.39, 0.29) is 25.0 Å². The van der Waals surface area contributed by atoms with Gasteiger partial charge in [-0.05, 0) is 38.2 Å². The topological polar surface area (TPSA) is 128 Å². The lowest BCUT2D eigenvalue weighted by molar-refractivity contribution is -0.137. The standard InChI is InChI=1S/C21H27N5O5/c1-26-12-15(11-23-26)30-13-18(29)25-21-7-5-20(6-8-21,10-16(21)27)24-17(28)14-31-19-4-2-3-9-22-19/h2-4,9,11-12,16,27H,5-8,10,13-14H2,1H3,(H,24,28)(H,25,29). The van der Waals surface area contributed by atoms with Crippen molar-refractivity contribution in [1.29, 1.82) is 0 Å². The summed E-state index contributed by atoms with van der Waals surface area (Å²) in [5, 5.41) is 20.8. The second-order valence-electron chi connectivity index (χ2n) is 8.35. The van der Waals surface area contributed by atoms with Crippen LogP contribution in [0.3, 0.4) is 0 Å². The number of amides is 2. The molecule has 2 bridgehead atoms. The van der Waals surface area contributed by atoms with Gasteiger partial charge in [-0.2, -0.15) is 5.10 Å². The van der Waals surface area contributed by atoms with Gasteiger partial charge in [-0.3, -0.25) is 14.3 Å². The zero-order valence-electron chi connectivity index (χ0n) is 17.4. The molecule has 2 aromatic heterocycles. The molecular formula is C21H27N5O5. The van der Waals surface area contributed by atoms with Gasteiger partial charge in [0.2, 0.25) is 5.88 Å². The van der Waals surface area contributed by atoms with Gasteiger partial charge >= 0.3 is 0 Å². The molecule has 3 N–H and O–H groups in total. The van der Waals surface area contributed by atoms with Gasteiger partial charge < -0.3 is 25.2 Å². The zero-order chi connectivity index (χ0) is 21.9. The van der Waals surface area contributed by atoms with Crippen LogP contribution in [0.2, 0.25) is 0 Å². The largest absolute Gasteiger partial charge is 0.480 e. The molecule has 5 rings (SSSR count). The van der Waals surface area contributed by atoms with Crippen LogP contribution in [-0.2, 0) is 16.6 Å². The van der Waals surface area contributed by atoms with Crippen LogP contribution in [0.15, 0.2) is 36.8 Å². The maximum atomic E-state index is 12.4. The second kappa shape index (κ2) is 8.54. The number of rotatable bonds is 8. The molecular weight excluding hydrogens is 402 g/mol. The first-order valence-corrected chi connectivity index (χ1v) is 10.3. The lowest BCUT2D eigenvalue weighted by Crippen LogP contribution is -2.70. The van der Waals surface area contributed by atoms with Crippen molar-refractivity contribution in [3.05, 3.63) is 36.8 Å². The molecule has 3 aliphatic carbocycles. The Morgan fingerprint density at radius 1 is 1.16 bits per heavy atom. The summed E-state index contributed by atoms with van der Waals surface area (Å²) in [6, 6.07) is 5.24. The fourth-order valence-corrected chi connectivity index (χ4v) is 4.50. The summed E-state index contributed by atoms with van der Waals surface area (Å²) in [6.45, 7) is -0.282. The highest BCUT2D eigenvalue weighted by molar-refractivity contribution is 5.79. The number of aryl methyl sites for hydroxylation is 1. The van der Waals surface area contributed by atoms with Gasteiger partial charge in [0.15, 0.2) is 19.0 Å². The van der Waals surface area contributed by atoms with Crippen LogP contribution in [0.25, 0.3) is 0 Å². The van der Waals surface area contributed by atoms with E-state index >= 15 is 0 Å². The summed E-state index contributed by atoms with van der Waals surface area (Å²) in [5.74, 6) is 0.363. The van der Waals surface area contributed by atoms with Crippen molar-refractivity contribution in [3.8, 4) is 11.6 Å². The Labute approximate surface area is 179 Å². The average Bonchev–Trinajstić information content (AvgIpc) is 3.18. The molecule has 2 amide bonds. The van der Waals surface area contributed by atoms with Crippen molar-refractivity contribution in [1.82, 2.24) is 25.4 Å². The molecule has 3 saturated carbocycles. The molecule has 2 aromatic rings. The number of carbonyl (C=O) groups is 2. The average molecular weight is 429 g/mol. The molecule has 0 spiro atoms. The van der Waals surface area contributed by atoms with Crippen LogP contribution in [0.5, 0.6) is 11.6 Å². The number of nitrogens with one attached hydrogen (secondary N) is 2. The minimum absolute atomic E-state index is 0.136. The van der Waals surface area contributed by atoms with Crippen LogP contribution < -0.4 is 20.1 Å². The molecule has 2 heterocycles. The van der Waals surface area contributed by atoms with Gasteiger partial charge in [0.25, 0.3) is 11.8 Å². The number of aliphatic hydroxyl groups excluding tert-OH is 1. The Kier molecular flexibility index (Phi) is 5.81. The quantitative estimate of drug-likeness (QED) is 0.551. The molecule has 31 heavy (non-hydrogen) atoms. The number of carbonyl (C=O) groups excluding carboxylic acids is 2. The number of pyridine rings is 1. The van der Waals surface area contributed by atoms with Crippen molar-refractivity contribution in [2.45, 2.75) is 49.3 Å². The Balaban J connectivity index is 1.27. The number of nitrogens with zero attached hydrogens (tertiary/aromatic N) is 3. The summed E-state index contributed by atoms with van der Waals surface area (Å²) in [6.07, 6.45) is 6.93. The monoisotopic (exact) mass is 429 g/mol. The highest BCUT2D eigenvalue weighted by atomic mass is 16.5. The van der Waals surface area contributed by atoms with Crippen LogP contribution >= 0.6 is 0 Å². The lowest BCUT2D eigenvalue weighted by atomic mass is 9.60. The molecule has 0 aromatic carbocycles. The Morgan fingerprint density at radius 2 is 1.90 bits per heavy atom. The number of aliphatic hydroxyl groups is 1. The first kappa shape index (κ1) is 21.1. The van der Waals surface area contributed by atoms with E-state index in [1.165, 1.54) is 6.20 Å². The summed E-state index contributed by atoms with van der Waals surface area (Å²) < 4.78 is 12.5. The molecule has 1 atom stereocenters. The van der Waals surface area contributed by atoms with Gasteiger partial charge in [0.1, 0.15) is 0 Å². The first-order chi connectivity index (χ1) is 14.9. The minimum atomic E-state index is -0.755. The van der Waals surface area contributed by atoms with Crippen molar-refractivity contribution in [2.75, 3.05) is 13.2 Å². The Bertz CT molecular complexity index is 923. The summed E-state index contributed by atoms with van der Waals surface area (Å²) in [5.41, 5.74) is -1.17. The normalized spacial score (nSPS) is 26.8. The third kappa shape index (κ3) is 4.79. The lowest BCUT2D eigenvalue weighted by Gasteiger charge is -2.56. The van der Waals surface area contributed by atoms with E-state index < -0.39 is 17.2 Å². The summed E-state index contributed by atoms with van der Waals surface area (Å²) in [4.78, 5) is 28.9. The zero-order valence-corrected chi connectivity index (χ0v) is 17.4. The fraction of sp³-hybridized carbons (Fsp3) is 0.524. The van der Waals surface area contributed by atoms with E-state index in [4.69, 9.17) is 9.47 Å². The fourth-order valence-electron chi connectivity index (χ4n) is 4.50. The van der Waals surface area contributed by atoms with E-state index in [0.29, 0.717) is 43.7 Å². The van der Waals surface area contributed by atoms with E-state index in [1.54, 1.807) is 42.3 Å². The molecule has 10 nitrogen and oxygen atoms in total. The van der Waals surface area contributed by atoms with Crippen LogP contribution in [0.4, 0.5) is 0 Å². The van der Waals surface area contributed by atoms with Gasteiger partial charge in [-0.1, -0.05) is 6.07 Å². The van der Waals surface area contributed by atoms with Gasteiger partial charge in [0, 0.05) is 24.8 Å². The van der Waals surface area contributed by atoms with Crippen LogP contribution in [-0.4, -0.2) is 62.1 Å². The van der Waals surface area contributed by atoms with Gasteiger partial charge in [-0.15, -0.1) is 0 Å². The third-order valence-corrected chi connectivity index (χ3v) is 6.15. The Hall–Kier alpha value is -3.14. The number of hydrogen-bond acceptors (Lipinski definition) is 7. The van der Waals surface area contributed by atoms with E-state index in [9.17, 15) is 14.7 Å². The van der Waals surface area contributed by atoms with Crippen molar-refractivity contribution >= 4 is 11.8 Å². The van der Waals surface area contributed by atoms with E-state index in [1.807, 2.05) is 0 Å². The third-order valence-electron chi connectivity index (χ3n) is 6.15. The van der Waals surface area contributed by atoms with Crippen molar-refractivity contribution < 1.29 is 24.2 Å². The number of aromatic nitrogens is 3. The van der Waals surface area contributed by atoms with Gasteiger partial charge in [-0.25, -0.2) is 4.98 Å². The smallest absolute Gasteiger partial charge is 0.258 e. The molecule has 3 fully saturated rings. The molecule has 3 aliphatic rings. The first-order valence-electron chi connectivity index (χ1n) is 10.3. The van der Waals surface area contributed by atoms with Gasteiger partial charge in [0.05, 0.1) is 24.0 Å². The Morgan fingerprint density at radius 3 is 2.55 bits per heavy atom. The van der Waals surface area contributed by atoms with E-state index in [2.05, 4.69) is 20.7 Å². The molecule has 10 heteroatoms. The molecule has 0 aliphatic heterocycles. The van der Waals surface area contributed by atoms with Crippen molar-refractivity contribution in [3.63, 3.8) is 0 Å². The van der Waals surface area contributed by atoms with Crippen LogP contribution in [0, 0.1) is 0 Å². The van der Waals surface area contributed by atoms with Crippen LogP contribution in [0.1, 0.15) is 32.1 Å². The predicted molar refractivity (Wildman–Crippen MR) is 109 cm³/mol. The predicted octanol–water partition coefficient (Wildman–Crippen LogP) is 0.322. The number of hydrogen-bond donors (Lipinski definition) is 3. The molecule has 1 unspecified atom stereocenters. The molecule has 0 saturated heterocycles. The van der Waals surface area contributed by atoms with E-state index in [0.717, 1.165) is 0 Å². The highest BCUT2D eigenvalue weighted by Gasteiger charge is 2.55. The maximum absolute atomic E-state index is 12.4. The molecule has 0 radical (unpaired) electrons. The highest BCUT2D eigenvalue weighted by Crippen LogP contribution is 2.47. The summed E-state index contributed by atoms with van der Waals surface area (Å²) >= 11 is 0. The van der Waals surface area contributed by atoms with Crippen molar-refractivity contribution in [2.24, 2.45) is 7.05 Å². The maximum Gasteiger partial charge on any atom is 0.258 e. The SMILES string of the molecule is Cn1cc(OCC(=O)NC23CCC(NC(=O)COc4ccccn4)(CC2)CC3O)cn1. The minimum Gasteiger partial charge on any atom is -0.480 e. The molecule has 166 valence electrons. The second-order valence-corrected chi connectivity index (χ2v) is 8.35. The number of ether oxygens (including phenoxy) is 2. The number of fused-ring (bicyclic) bond motifs is 3. The summed E-state index contributed by atoms with van der Waals surface area (Å²) in [7, 11) is 1.77.